The van der Waals surface area contributed by atoms with E-state index in [1.807, 2.05) is 43.3 Å². The van der Waals surface area contributed by atoms with Gasteiger partial charge in [-0.1, -0.05) is 66.7 Å². The van der Waals surface area contributed by atoms with Crippen LogP contribution in [0.5, 0.6) is 0 Å². The normalized spacial score (nSPS) is 14.1. The Morgan fingerprint density at radius 3 is 2.25 bits per heavy atom. The third-order valence-corrected chi connectivity index (χ3v) is 8.29. The lowest BCUT2D eigenvalue weighted by atomic mass is 9.92. The molecule has 0 unspecified atom stereocenters. The SMILES string of the molecule is CC#N.CN(C)c1ccc(CC(=O)N2CCC[C@H]2C(=O)NNC(=S)NCc2ccc3ccc4cccc5ccc2c3c45)cc1. The number of hydrogen-bond donors (Lipinski definition) is 3. The molecule has 2 amide bonds. The number of amides is 2. The summed E-state index contributed by atoms with van der Waals surface area (Å²) in [5.74, 6) is -0.305. The molecule has 8 nitrogen and oxygen atoms in total. The number of thiocarbonyl (C=S) groups is 1. The molecule has 44 heavy (non-hydrogen) atoms. The molecule has 5 aromatic rings. The highest BCUT2D eigenvalue weighted by Crippen LogP contribution is 2.35. The first-order chi connectivity index (χ1) is 21.3. The Morgan fingerprint density at radius 2 is 1.57 bits per heavy atom. The zero-order valence-electron chi connectivity index (χ0n) is 25.2. The minimum Gasteiger partial charge on any atom is -0.378 e. The first-order valence-corrected chi connectivity index (χ1v) is 15.1. The van der Waals surface area contributed by atoms with E-state index in [9.17, 15) is 9.59 Å². The third kappa shape index (κ3) is 6.51. The zero-order chi connectivity index (χ0) is 31.2. The van der Waals surface area contributed by atoms with Gasteiger partial charge in [-0.2, -0.15) is 5.26 Å². The second kappa shape index (κ2) is 13.6. The number of rotatable bonds is 6. The van der Waals surface area contributed by atoms with E-state index in [0.29, 0.717) is 24.6 Å². The van der Waals surface area contributed by atoms with Gasteiger partial charge in [0.05, 0.1) is 12.5 Å². The van der Waals surface area contributed by atoms with Crippen molar-refractivity contribution in [1.29, 1.82) is 5.26 Å². The van der Waals surface area contributed by atoms with Crippen molar-refractivity contribution < 1.29 is 9.59 Å². The van der Waals surface area contributed by atoms with Gasteiger partial charge in [0.25, 0.3) is 5.91 Å². The minimum absolute atomic E-state index is 0.0463. The van der Waals surface area contributed by atoms with E-state index in [2.05, 4.69) is 70.8 Å². The van der Waals surface area contributed by atoms with Crippen molar-refractivity contribution in [3.63, 3.8) is 0 Å². The van der Waals surface area contributed by atoms with E-state index < -0.39 is 6.04 Å². The summed E-state index contributed by atoms with van der Waals surface area (Å²) in [5.41, 5.74) is 8.68. The summed E-state index contributed by atoms with van der Waals surface area (Å²) in [6, 6.07) is 28.5. The molecule has 0 radical (unpaired) electrons. The van der Waals surface area contributed by atoms with Gasteiger partial charge in [0.15, 0.2) is 5.11 Å². The van der Waals surface area contributed by atoms with E-state index in [0.717, 1.165) is 23.2 Å². The van der Waals surface area contributed by atoms with Crippen LogP contribution in [0.2, 0.25) is 0 Å². The van der Waals surface area contributed by atoms with Crippen LogP contribution in [0.1, 0.15) is 30.9 Å². The van der Waals surface area contributed by atoms with Crippen molar-refractivity contribution in [2.75, 3.05) is 25.5 Å². The number of benzene rings is 5. The number of nitriles is 1. The summed E-state index contributed by atoms with van der Waals surface area (Å²) < 4.78 is 0. The molecule has 6 rings (SSSR count). The Morgan fingerprint density at radius 1 is 0.932 bits per heavy atom. The van der Waals surface area contributed by atoms with Crippen LogP contribution < -0.4 is 21.1 Å². The van der Waals surface area contributed by atoms with Gasteiger partial charge in [0, 0.05) is 39.8 Å². The highest BCUT2D eigenvalue weighted by molar-refractivity contribution is 7.80. The van der Waals surface area contributed by atoms with Gasteiger partial charge in [0.1, 0.15) is 6.04 Å². The van der Waals surface area contributed by atoms with Crippen LogP contribution in [-0.4, -0.2) is 48.5 Å². The Labute approximate surface area is 262 Å². The molecule has 1 atom stereocenters. The van der Waals surface area contributed by atoms with Crippen LogP contribution in [0.4, 0.5) is 5.69 Å². The van der Waals surface area contributed by atoms with Crippen molar-refractivity contribution in [1.82, 2.24) is 21.1 Å². The monoisotopic (exact) mass is 604 g/mol. The molecule has 224 valence electrons. The van der Waals surface area contributed by atoms with E-state index >= 15 is 0 Å². The van der Waals surface area contributed by atoms with E-state index in [4.69, 9.17) is 17.5 Å². The van der Waals surface area contributed by atoms with Gasteiger partial charge in [-0.25, -0.2) is 0 Å². The molecule has 0 spiro atoms. The number of nitrogens with zero attached hydrogens (tertiary/aromatic N) is 3. The quantitative estimate of drug-likeness (QED) is 0.135. The first kappa shape index (κ1) is 30.5. The fraction of sp³-hybridized carbons (Fsp3) is 0.257. The van der Waals surface area contributed by atoms with Gasteiger partial charge in [0.2, 0.25) is 5.91 Å². The van der Waals surface area contributed by atoms with Gasteiger partial charge in [-0.15, -0.1) is 0 Å². The fourth-order valence-corrected chi connectivity index (χ4v) is 6.02. The lowest BCUT2D eigenvalue weighted by molar-refractivity contribution is -0.138. The molecule has 1 aliphatic rings. The summed E-state index contributed by atoms with van der Waals surface area (Å²) in [7, 11) is 3.96. The molecule has 0 bridgehead atoms. The number of carbonyl (C=O) groups excluding carboxylic acids is 2. The fourth-order valence-electron chi connectivity index (χ4n) is 5.90. The number of hydrazine groups is 1. The lowest BCUT2D eigenvalue weighted by Crippen LogP contribution is -2.53. The molecule has 0 aromatic heterocycles. The molecule has 5 aromatic carbocycles. The van der Waals surface area contributed by atoms with Crippen LogP contribution in [0, 0.1) is 11.3 Å². The first-order valence-electron chi connectivity index (χ1n) is 14.7. The summed E-state index contributed by atoms with van der Waals surface area (Å²) in [6.45, 7) is 2.51. The van der Waals surface area contributed by atoms with E-state index in [1.165, 1.54) is 39.2 Å². The predicted octanol–water partition coefficient (Wildman–Crippen LogP) is 5.41. The molecular weight excluding hydrogens is 568 g/mol. The highest BCUT2D eigenvalue weighted by Gasteiger charge is 2.34. The molecule has 0 saturated carbocycles. The standard InChI is InChI=1S/C33H33N5O2S.C2H3N/c1-37(2)26-15-8-21(9-16-26)19-29(39)38-18-4-7-28(38)32(40)35-36-33(41)34-20-25-13-12-24-11-10-22-5-3-6-23-14-17-27(25)31(24)30(22)23;1-2-3/h3,5-6,8-17,28H,4,7,18-20H2,1-2H3,(H,35,40)(H2,34,36,41);1H3/t28-;/m0./s1. The second-order valence-electron chi connectivity index (χ2n) is 11.1. The van der Waals surface area contributed by atoms with Gasteiger partial charge in [-0.3, -0.25) is 20.4 Å². The van der Waals surface area contributed by atoms with E-state index in [-0.39, 0.29) is 18.2 Å². The highest BCUT2D eigenvalue weighted by atomic mass is 32.1. The number of nitrogens with one attached hydrogen (secondary N) is 3. The number of anilines is 1. The molecule has 0 aliphatic carbocycles. The van der Waals surface area contributed by atoms with Gasteiger partial charge < -0.3 is 15.1 Å². The third-order valence-electron chi connectivity index (χ3n) is 8.04. The van der Waals surface area contributed by atoms with Crippen molar-refractivity contribution in [3.05, 3.63) is 90.0 Å². The zero-order valence-corrected chi connectivity index (χ0v) is 26.0. The van der Waals surface area contributed by atoms with Crippen LogP contribution in [-0.2, 0) is 22.6 Å². The Hall–Kier alpha value is -4.94. The molecule has 1 heterocycles. The number of carbonyl (C=O) groups is 2. The minimum atomic E-state index is -0.517. The maximum Gasteiger partial charge on any atom is 0.261 e. The summed E-state index contributed by atoms with van der Waals surface area (Å²) >= 11 is 5.47. The summed E-state index contributed by atoms with van der Waals surface area (Å²) in [5, 5.41) is 18.2. The second-order valence-corrected chi connectivity index (χ2v) is 11.5. The summed E-state index contributed by atoms with van der Waals surface area (Å²) in [4.78, 5) is 29.8. The Bertz CT molecular complexity index is 1830. The molecule has 1 aliphatic heterocycles. The van der Waals surface area contributed by atoms with Crippen molar-refractivity contribution in [2.45, 2.75) is 38.8 Å². The van der Waals surface area contributed by atoms with Crippen molar-refractivity contribution in [2.24, 2.45) is 0 Å². The predicted molar refractivity (Wildman–Crippen MR) is 181 cm³/mol. The van der Waals surface area contributed by atoms with Crippen molar-refractivity contribution in [3.8, 4) is 6.07 Å². The largest absolute Gasteiger partial charge is 0.378 e. The van der Waals surface area contributed by atoms with Crippen LogP contribution in [0.15, 0.2) is 78.9 Å². The maximum absolute atomic E-state index is 13.1. The molecule has 9 heteroatoms. The topological polar surface area (TPSA) is 100 Å². The van der Waals surface area contributed by atoms with Gasteiger partial charge in [-0.05, 0) is 80.6 Å². The molecule has 1 fully saturated rings. The lowest BCUT2D eigenvalue weighted by Gasteiger charge is -2.24. The van der Waals surface area contributed by atoms with Gasteiger partial charge >= 0.3 is 0 Å². The number of likely N-dealkylation sites (tertiary alicyclic amines) is 1. The van der Waals surface area contributed by atoms with E-state index in [1.54, 1.807) is 11.0 Å². The average Bonchev–Trinajstić information content (AvgIpc) is 3.53. The smallest absolute Gasteiger partial charge is 0.261 e. The van der Waals surface area contributed by atoms with Crippen LogP contribution in [0.3, 0.4) is 0 Å². The molecular formula is C35H36N6O2S. The molecule has 1 saturated heterocycles. The summed E-state index contributed by atoms with van der Waals surface area (Å²) in [6.07, 6.45) is 1.69. The Balaban J connectivity index is 0.00000123. The van der Waals surface area contributed by atoms with Crippen LogP contribution in [0.25, 0.3) is 32.3 Å². The van der Waals surface area contributed by atoms with Crippen molar-refractivity contribution >= 4 is 67.1 Å². The average molecular weight is 605 g/mol. The molecule has 3 N–H and O–H groups in total. The number of hydrogen-bond acceptors (Lipinski definition) is 5. The Kier molecular flexibility index (Phi) is 9.41. The maximum atomic E-state index is 13.1. The van der Waals surface area contributed by atoms with Crippen LogP contribution >= 0.6 is 12.2 Å².